The van der Waals surface area contributed by atoms with Gasteiger partial charge in [0, 0.05) is 12.2 Å². The minimum atomic E-state index is -3.55. The van der Waals surface area contributed by atoms with Gasteiger partial charge in [-0.25, -0.2) is 8.42 Å². The van der Waals surface area contributed by atoms with Crippen LogP contribution in [-0.2, 0) is 14.8 Å². The molecule has 1 fully saturated rings. The van der Waals surface area contributed by atoms with E-state index in [1.165, 1.54) is 10.4 Å². The number of sulfonamides is 1. The van der Waals surface area contributed by atoms with Gasteiger partial charge in [-0.3, -0.25) is 0 Å². The Morgan fingerprint density at radius 3 is 2.68 bits per heavy atom. The number of nitrogen functional groups attached to an aromatic ring is 1. The van der Waals surface area contributed by atoms with Gasteiger partial charge in [0.05, 0.1) is 23.6 Å². The van der Waals surface area contributed by atoms with Crippen LogP contribution in [0.15, 0.2) is 23.1 Å². The van der Waals surface area contributed by atoms with E-state index in [9.17, 15) is 8.42 Å². The van der Waals surface area contributed by atoms with Gasteiger partial charge in [0.2, 0.25) is 10.0 Å². The van der Waals surface area contributed by atoms with E-state index in [4.69, 9.17) is 10.5 Å². The molecule has 0 bridgehead atoms. The average molecular weight is 284 g/mol. The van der Waals surface area contributed by atoms with Crippen molar-refractivity contribution in [2.75, 3.05) is 25.5 Å². The lowest BCUT2D eigenvalue weighted by Gasteiger charge is -2.41. The lowest BCUT2D eigenvalue weighted by atomic mass is 10.1. The summed E-state index contributed by atoms with van der Waals surface area (Å²) in [4.78, 5) is 0.280. The van der Waals surface area contributed by atoms with Crippen LogP contribution in [0.25, 0.3) is 0 Å². The number of aryl methyl sites for hydroxylation is 1. The van der Waals surface area contributed by atoms with Crippen molar-refractivity contribution in [2.24, 2.45) is 0 Å². The first-order chi connectivity index (χ1) is 8.75. The van der Waals surface area contributed by atoms with Gasteiger partial charge in [-0.05, 0) is 38.5 Å². The molecule has 106 valence electrons. The summed E-state index contributed by atoms with van der Waals surface area (Å²) >= 11 is 0. The van der Waals surface area contributed by atoms with Gasteiger partial charge in [0.25, 0.3) is 0 Å². The van der Waals surface area contributed by atoms with Crippen molar-refractivity contribution in [3.8, 4) is 0 Å². The Morgan fingerprint density at radius 1 is 1.37 bits per heavy atom. The monoisotopic (exact) mass is 284 g/mol. The van der Waals surface area contributed by atoms with Crippen LogP contribution in [-0.4, -0.2) is 38.0 Å². The SMILES string of the molecule is Cc1ccc(N)cc1S(=O)(=O)N1CCOCC1(C)C. The van der Waals surface area contributed by atoms with E-state index in [0.29, 0.717) is 31.0 Å². The summed E-state index contributed by atoms with van der Waals surface area (Å²) in [5, 5.41) is 0. The van der Waals surface area contributed by atoms with E-state index >= 15 is 0 Å². The number of nitrogens with two attached hydrogens (primary N) is 1. The van der Waals surface area contributed by atoms with Crippen molar-refractivity contribution in [3.05, 3.63) is 23.8 Å². The smallest absolute Gasteiger partial charge is 0.244 e. The molecule has 1 heterocycles. The highest BCUT2D eigenvalue weighted by molar-refractivity contribution is 7.89. The molecule has 1 aromatic rings. The molecule has 0 unspecified atom stereocenters. The van der Waals surface area contributed by atoms with Crippen LogP contribution in [0.1, 0.15) is 19.4 Å². The third-order valence-corrected chi connectivity index (χ3v) is 5.60. The molecule has 1 aromatic carbocycles. The van der Waals surface area contributed by atoms with Crippen molar-refractivity contribution < 1.29 is 13.2 Å². The van der Waals surface area contributed by atoms with Gasteiger partial charge in [0.15, 0.2) is 0 Å². The second kappa shape index (κ2) is 4.77. The number of nitrogens with zero attached hydrogens (tertiary/aromatic N) is 1. The van der Waals surface area contributed by atoms with Crippen molar-refractivity contribution in [1.82, 2.24) is 4.31 Å². The van der Waals surface area contributed by atoms with Crippen LogP contribution in [0.5, 0.6) is 0 Å². The number of rotatable bonds is 2. The van der Waals surface area contributed by atoms with Crippen LogP contribution in [0, 0.1) is 6.92 Å². The molecule has 5 nitrogen and oxygen atoms in total. The van der Waals surface area contributed by atoms with Crippen molar-refractivity contribution >= 4 is 15.7 Å². The number of hydrogen-bond acceptors (Lipinski definition) is 4. The van der Waals surface area contributed by atoms with E-state index < -0.39 is 15.6 Å². The van der Waals surface area contributed by atoms with Gasteiger partial charge in [-0.15, -0.1) is 0 Å². The fraction of sp³-hybridized carbons (Fsp3) is 0.538. The zero-order chi connectivity index (χ0) is 14.3. The third-order valence-electron chi connectivity index (χ3n) is 3.35. The Hall–Kier alpha value is -1.11. The molecule has 0 atom stereocenters. The summed E-state index contributed by atoms with van der Waals surface area (Å²) in [6.45, 7) is 6.69. The molecule has 1 saturated heterocycles. The molecule has 0 radical (unpaired) electrons. The number of anilines is 1. The second-order valence-corrected chi connectivity index (χ2v) is 7.30. The fourth-order valence-electron chi connectivity index (χ4n) is 2.30. The minimum Gasteiger partial charge on any atom is -0.399 e. The summed E-state index contributed by atoms with van der Waals surface area (Å²) in [6.07, 6.45) is 0. The summed E-state index contributed by atoms with van der Waals surface area (Å²) in [7, 11) is -3.55. The van der Waals surface area contributed by atoms with Gasteiger partial charge in [-0.2, -0.15) is 4.31 Å². The maximum Gasteiger partial charge on any atom is 0.244 e. The normalized spacial score (nSPS) is 20.4. The molecule has 2 rings (SSSR count). The number of hydrogen-bond donors (Lipinski definition) is 1. The second-order valence-electron chi connectivity index (χ2n) is 5.47. The van der Waals surface area contributed by atoms with Crippen LogP contribution >= 0.6 is 0 Å². The molecule has 0 spiro atoms. The summed E-state index contributed by atoms with van der Waals surface area (Å²) in [6, 6.07) is 4.96. The first-order valence-electron chi connectivity index (χ1n) is 6.22. The topological polar surface area (TPSA) is 72.6 Å². The van der Waals surface area contributed by atoms with E-state index in [-0.39, 0.29) is 4.90 Å². The van der Waals surface area contributed by atoms with Gasteiger partial charge < -0.3 is 10.5 Å². The Bertz CT molecular complexity index is 582. The lowest BCUT2D eigenvalue weighted by molar-refractivity contribution is -0.00772. The molecule has 0 aromatic heterocycles. The minimum absolute atomic E-state index is 0.280. The van der Waals surface area contributed by atoms with Crippen molar-refractivity contribution in [3.63, 3.8) is 0 Å². The molecule has 0 saturated carbocycles. The van der Waals surface area contributed by atoms with Crippen LogP contribution < -0.4 is 5.73 Å². The van der Waals surface area contributed by atoms with E-state index in [2.05, 4.69) is 0 Å². The average Bonchev–Trinajstić information content (AvgIpc) is 2.31. The number of morpholine rings is 1. The molecule has 19 heavy (non-hydrogen) atoms. The standard InChI is InChI=1S/C13H20N2O3S/c1-10-4-5-11(14)8-12(10)19(16,17)15-6-7-18-9-13(15,2)3/h4-5,8H,6-7,9,14H2,1-3H3. The highest BCUT2D eigenvalue weighted by Crippen LogP contribution is 2.29. The van der Waals surface area contributed by atoms with E-state index in [1.54, 1.807) is 19.1 Å². The Balaban J connectivity index is 2.50. The molecule has 0 aliphatic carbocycles. The zero-order valence-corrected chi connectivity index (χ0v) is 12.3. The van der Waals surface area contributed by atoms with Crippen LogP contribution in [0.3, 0.4) is 0 Å². The Labute approximate surface area is 114 Å². The summed E-state index contributed by atoms with van der Waals surface area (Å²) in [5.74, 6) is 0. The lowest BCUT2D eigenvalue weighted by Crippen LogP contribution is -2.55. The third kappa shape index (κ3) is 2.61. The molecule has 0 amide bonds. The highest BCUT2D eigenvalue weighted by atomic mass is 32.2. The van der Waals surface area contributed by atoms with Crippen LogP contribution in [0.4, 0.5) is 5.69 Å². The number of benzene rings is 1. The van der Waals surface area contributed by atoms with E-state index in [1.807, 2.05) is 13.8 Å². The fourth-order valence-corrected chi connectivity index (χ4v) is 4.32. The zero-order valence-electron chi connectivity index (χ0n) is 11.5. The molecule has 1 aliphatic heterocycles. The molecule has 6 heteroatoms. The summed E-state index contributed by atoms with van der Waals surface area (Å²) in [5.41, 5.74) is 6.33. The largest absolute Gasteiger partial charge is 0.399 e. The van der Waals surface area contributed by atoms with E-state index in [0.717, 1.165) is 0 Å². The predicted octanol–water partition coefficient (Wildman–Crippen LogP) is 1.38. The van der Waals surface area contributed by atoms with Crippen molar-refractivity contribution in [1.29, 1.82) is 0 Å². The maximum absolute atomic E-state index is 12.8. The molecular weight excluding hydrogens is 264 g/mol. The quantitative estimate of drug-likeness (QED) is 0.833. The van der Waals surface area contributed by atoms with Gasteiger partial charge in [-0.1, -0.05) is 6.07 Å². The summed E-state index contributed by atoms with van der Waals surface area (Å²) < 4.78 is 32.5. The van der Waals surface area contributed by atoms with Gasteiger partial charge >= 0.3 is 0 Å². The maximum atomic E-state index is 12.8. The molecule has 1 aliphatic rings. The van der Waals surface area contributed by atoms with Crippen LogP contribution in [0.2, 0.25) is 0 Å². The highest BCUT2D eigenvalue weighted by Gasteiger charge is 2.40. The van der Waals surface area contributed by atoms with Gasteiger partial charge in [0.1, 0.15) is 0 Å². The molecule has 2 N–H and O–H groups in total. The predicted molar refractivity (Wildman–Crippen MR) is 74.4 cm³/mol. The number of ether oxygens (including phenoxy) is 1. The first-order valence-corrected chi connectivity index (χ1v) is 7.66. The van der Waals surface area contributed by atoms with Crippen molar-refractivity contribution in [2.45, 2.75) is 31.2 Å². The Kier molecular flexibility index (Phi) is 3.59. The first kappa shape index (κ1) is 14.3. The Morgan fingerprint density at radius 2 is 2.05 bits per heavy atom. The molecular formula is C13H20N2O3S.